The molecule has 0 unspecified atom stereocenters. The number of anilines is 1. The van der Waals surface area contributed by atoms with Crippen molar-refractivity contribution in [2.24, 2.45) is 0 Å². The molecule has 2 heteroatoms. The fraction of sp³-hybridized carbons (Fsp3) is 0.571. The van der Waals surface area contributed by atoms with Gasteiger partial charge in [-0.1, -0.05) is 18.2 Å². The molecular weight excluding hydrogens is 196 g/mol. The smallest absolute Gasteiger partial charge is 0.0373 e. The van der Waals surface area contributed by atoms with Crippen LogP contribution in [0.25, 0.3) is 0 Å². The van der Waals surface area contributed by atoms with Gasteiger partial charge in [-0.3, -0.25) is 4.90 Å². The molecule has 0 spiro atoms. The van der Waals surface area contributed by atoms with Crippen molar-refractivity contribution in [1.82, 2.24) is 4.90 Å². The quantitative estimate of drug-likeness (QED) is 0.720. The van der Waals surface area contributed by atoms with Gasteiger partial charge in [0, 0.05) is 30.9 Å². The average Bonchev–Trinajstić information content (AvgIpc) is 2.17. The minimum atomic E-state index is 0.272. The standard InChI is InChI=1S/C14H22N2/c1-14(2,3)16-10-8-12-6-4-5-7-13(12)15-9-11-16/h4-7,15H,8-11H2,1-3H3. The number of fused-ring (bicyclic) bond motifs is 1. The Morgan fingerprint density at radius 2 is 1.88 bits per heavy atom. The van der Waals surface area contributed by atoms with E-state index in [2.05, 4.69) is 55.3 Å². The van der Waals surface area contributed by atoms with Crippen LogP contribution in [0.3, 0.4) is 0 Å². The van der Waals surface area contributed by atoms with Crippen molar-refractivity contribution in [3.63, 3.8) is 0 Å². The number of rotatable bonds is 0. The highest BCUT2D eigenvalue weighted by atomic mass is 15.2. The first-order valence-electron chi connectivity index (χ1n) is 6.14. The summed E-state index contributed by atoms with van der Waals surface area (Å²) >= 11 is 0. The zero-order valence-corrected chi connectivity index (χ0v) is 10.6. The first kappa shape index (κ1) is 11.5. The van der Waals surface area contributed by atoms with Crippen molar-refractivity contribution in [2.75, 3.05) is 25.0 Å². The highest BCUT2D eigenvalue weighted by Crippen LogP contribution is 2.20. The van der Waals surface area contributed by atoms with E-state index in [9.17, 15) is 0 Å². The normalized spacial score (nSPS) is 18.2. The molecule has 0 saturated carbocycles. The maximum atomic E-state index is 3.53. The van der Waals surface area contributed by atoms with Gasteiger partial charge in [0.25, 0.3) is 0 Å². The SMILES string of the molecule is CC(C)(C)N1CCNc2ccccc2CC1. The van der Waals surface area contributed by atoms with Crippen molar-refractivity contribution >= 4 is 5.69 Å². The minimum Gasteiger partial charge on any atom is -0.384 e. The van der Waals surface area contributed by atoms with Crippen molar-refractivity contribution in [1.29, 1.82) is 0 Å². The monoisotopic (exact) mass is 218 g/mol. The molecule has 1 aliphatic rings. The fourth-order valence-electron chi connectivity index (χ4n) is 2.27. The van der Waals surface area contributed by atoms with Crippen LogP contribution in [0.4, 0.5) is 5.69 Å². The molecule has 1 N–H and O–H groups in total. The second-order valence-corrected chi connectivity index (χ2v) is 5.49. The van der Waals surface area contributed by atoms with Crippen LogP contribution >= 0.6 is 0 Å². The van der Waals surface area contributed by atoms with Gasteiger partial charge in [0.2, 0.25) is 0 Å². The Labute approximate surface area is 98.7 Å². The van der Waals surface area contributed by atoms with E-state index >= 15 is 0 Å². The van der Waals surface area contributed by atoms with Gasteiger partial charge in [0.15, 0.2) is 0 Å². The number of benzene rings is 1. The molecule has 16 heavy (non-hydrogen) atoms. The molecule has 2 rings (SSSR count). The van der Waals surface area contributed by atoms with Crippen LogP contribution in [0.1, 0.15) is 26.3 Å². The second-order valence-electron chi connectivity index (χ2n) is 5.49. The molecule has 2 nitrogen and oxygen atoms in total. The van der Waals surface area contributed by atoms with Gasteiger partial charge in [-0.05, 0) is 38.8 Å². The van der Waals surface area contributed by atoms with Crippen molar-refractivity contribution in [2.45, 2.75) is 32.7 Å². The van der Waals surface area contributed by atoms with E-state index in [1.807, 2.05) is 0 Å². The van der Waals surface area contributed by atoms with Crippen LogP contribution in [-0.2, 0) is 6.42 Å². The number of nitrogens with zero attached hydrogens (tertiary/aromatic N) is 1. The lowest BCUT2D eigenvalue weighted by Crippen LogP contribution is -2.45. The third kappa shape index (κ3) is 2.56. The Hall–Kier alpha value is -1.02. The summed E-state index contributed by atoms with van der Waals surface area (Å²) in [5.41, 5.74) is 3.03. The van der Waals surface area contributed by atoms with Crippen molar-refractivity contribution in [3.8, 4) is 0 Å². The number of nitrogens with one attached hydrogen (secondary N) is 1. The molecule has 1 heterocycles. The summed E-state index contributed by atoms with van der Waals surface area (Å²) in [5.74, 6) is 0. The number of para-hydroxylation sites is 1. The summed E-state index contributed by atoms with van der Waals surface area (Å²) < 4.78 is 0. The lowest BCUT2D eigenvalue weighted by molar-refractivity contribution is 0.143. The van der Waals surface area contributed by atoms with Gasteiger partial charge in [0.1, 0.15) is 0 Å². The molecule has 1 aromatic rings. The molecule has 0 radical (unpaired) electrons. The maximum Gasteiger partial charge on any atom is 0.0373 e. The predicted octanol–water partition coefficient (Wildman–Crippen LogP) is 2.76. The van der Waals surface area contributed by atoms with E-state index < -0.39 is 0 Å². The minimum absolute atomic E-state index is 0.272. The summed E-state index contributed by atoms with van der Waals surface area (Å²) in [5, 5.41) is 3.53. The van der Waals surface area contributed by atoms with Crippen molar-refractivity contribution < 1.29 is 0 Å². The van der Waals surface area contributed by atoms with Crippen LogP contribution in [0.5, 0.6) is 0 Å². The number of hydrogen-bond donors (Lipinski definition) is 1. The van der Waals surface area contributed by atoms with Crippen LogP contribution in [-0.4, -0.2) is 30.1 Å². The van der Waals surface area contributed by atoms with Gasteiger partial charge in [-0.2, -0.15) is 0 Å². The summed E-state index contributed by atoms with van der Waals surface area (Å²) in [6.07, 6.45) is 1.14. The summed E-state index contributed by atoms with van der Waals surface area (Å²) in [4.78, 5) is 2.55. The average molecular weight is 218 g/mol. The van der Waals surface area contributed by atoms with E-state index in [4.69, 9.17) is 0 Å². The molecule has 0 atom stereocenters. The van der Waals surface area contributed by atoms with E-state index in [0.29, 0.717) is 0 Å². The highest BCUT2D eigenvalue weighted by Gasteiger charge is 2.22. The summed E-state index contributed by atoms with van der Waals surface area (Å²) in [7, 11) is 0. The molecule has 0 aromatic heterocycles. The lowest BCUT2D eigenvalue weighted by atomic mass is 10.0. The second kappa shape index (κ2) is 4.46. The molecule has 0 amide bonds. The van der Waals surface area contributed by atoms with Gasteiger partial charge in [-0.15, -0.1) is 0 Å². The van der Waals surface area contributed by atoms with Crippen molar-refractivity contribution in [3.05, 3.63) is 29.8 Å². The predicted molar refractivity (Wildman–Crippen MR) is 70.0 cm³/mol. The summed E-state index contributed by atoms with van der Waals surface area (Å²) in [6, 6.07) is 8.65. The Bertz CT molecular complexity index is 352. The molecule has 1 aliphatic heterocycles. The first-order valence-corrected chi connectivity index (χ1v) is 6.14. The third-order valence-corrected chi connectivity index (χ3v) is 3.31. The topological polar surface area (TPSA) is 15.3 Å². The fourth-order valence-corrected chi connectivity index (χ4v) is 2.27. The van der Waals surface area contributed by atoms with Gasteiger partial charge >= 0.3 is 0 Å². The molecule has 0 saturated heterocycles. The highest BCUT2D eigenvalue weighted by molar-refractivity contribution is 5.51. The van der Waals surface area contributed by atoms with Crippen LogP contribution in [0, 0.1) is 0 Å². The Balaban J connectivity index is 2.13. The largest absolute Gasteiger partial charge is 0.384 e. The van der Waals surface area contributed by atoms with Crippen LogP contribution < -0.4 is 5.32 Å². The number of hydrogen-bond acceptors (Lipinski definition) is 2. The van der Waals surface area contributed by atoms with E-state index in [0.717, 1.165) is 26.1 Å². The zero-order chi connectivity index (χ0) is 11.6. The van der Waals surface area contributed by atoms with Crippen LogP contribution in [0.2, 0.25) is 0 Å². The molecule has 0 bridgehead atoms. The van der Waals surface area contributed by atoms with Crippen LogP contribution in [0.15, 0.2) is 24.3 Å². The molecule has 88 valence electrons. The third-order valence-electron chi connectivity index (χ3n) is 3.31. The summed E-state index contributed by atoms with van der Waals surface area (Å²) in [6.45, 7) is 10.2. The van der Waals surface area contributed by atoms with Gasteiger partial charge in [0.05, 0.1) is 0 Å². The van der Waals surface area contributed by atoms with E-state index in [1.165, 1.54) is 11.3 Å². The van der Waals surface area contributed by atoms with Gasteiger partial charge < -0.3 is 5.32 Å². The molecule has 1 aromatic carbocycles. The Morgan fingerprint density at radius 3 is 2.62 bits per heavy atom. The zero-order valence-electron chi connectivity index (χ0n) is 10.6. The van der Waals surface area contributed by atoms with E-state index in [-0.39, 0.29) is 5.54 Å². The Morgan fingerprint density at radius 1 is 1.12 bits per heavy atom. The molecular formula is C14H22N2. The Kier molecular flexibility index (Phi) is 3.20. The molecule has 0 aliphatic carbocycles. The first-order chi connectivity index (χ1) is 7.57. The lowest BCUT2D eigenvalue weighted by Gasteiger charge is -2.37. The maximum absolute atomic E-state index is 3.53. The van der Waals surface area contributed by atoms with E-state index in [1.54, 1.807) is 0 Å². The van der Waals surface area contributed by atoms with Gasteiger partial charge in [-0.25, -0.2) is 0 Å². The molecule has 0 fully saturated rings.